The van der Waals surface area contributed by atoms with Gasteiger partial charge in [-0.15, -0.1) is 0 Å². The first-order valence-electron chi connectivity index (χ1n) is 6.92. The van der Waals surface area contributed by atoms with Crippen molar-refractivity contribution < 1.29 is 14.0 Å². The molecule has 1 aromatic carbocycles. The molecular weight excluding hydrogens is 299 g/mol. The third kappa shape index (κ3) is 4.77. The number of aromatic nitrogens is 1. The number of carbonyl (C=O) groups excluding carboxylic acids is 2. The Morgan fingerprint density at radius 3 is 2.52 bits per heavy atom. The Labute approximate surface area is 133 Å². The fourth-order valence-electron chi connectivity index (χ4n) is 1.78. The van der Waals surface area contributed by atoms with Crippen LogP contribution >= 0.6 is 0 Å². The van der Waals surface area contributed by atoms with E-state index in [1.54, 1.807) is 26.2 Å². The van der Waals surface area contributed by atoms with Gasteiger partial charge in [-0.3, -0.25) is 9.78 Å². The molecule has 120 valence electrons. The Balaban J connectivity index is 2.02. The average molecular weight is 316 g/mol. The van der Waals surface area contributed by atoms with Crippen LogP contribution in [-0.2, 0) is 6.54 Å². The van der Waals surface area contributed by atoms with Crippen molar-refractivity contribution in [1.82, 2.24) is 15.2 Å². The van der Waals surface area contributed by atoms with Crippen LogP contribution in [0.3, 0.4) is 0 Å². The van der Waals surface area contributed by atoms with Crippen LogP contribution in [0.4, 0.5) is 14.9 Å². The zero-order valence-corrected chi connectivity index (χ0v) is 12.8. The molecule has 0 unspecified atom stereocenters. The molecule has 0 bridgehead atoms. The molecule has 0 aliphatic carbocycles. The maximum absolute atomic E-state index is 12.8. The van der Waals surface area contributed by atoms with Crippen LogP contribution in [0.15, 0.2) is 42.6 Å². The monoisotopic (exact) mass is 316 g/mol. The van der Waals surface area contributed by atoms with Gasteiger partial charge in [-0.1, -0.05) is 0 Å². The molecule has 0 radical (unpaired) electrons. The van der Waals surface area contributed by atoms with Crippen molar-refractivity contribution in [1.29, 1.82) is 0 Å². The van der Waals surface area contributed by atoms with Crippen molar-refractivity contribution >= 4 is 17.6 Å². The Kier molecular flexibility index (Phi) is 5.24. The molecule has 23 heavy (non-hydrogen) atoms. The largest absolute Gasteiger partial charge is 0.332 e. The number of pyridine rings is 1. The Bertz CT molecular complexity index is 701. The van der Waals surface area contributed by atoms with Gasteiger partial charge in [-0.2, -0.15) is 0 Å². The van der Waals surface area contributed by atoms with Crippen molar-refractivity contribution in [2.75, 3.05) is 19.4 Å². The van der Waals surface area contributed by atoms with Crippen LogP contribution in [0.5, 0.6) is 0 Å². The third-order valence-electron chi connectivity index (χ3n) is 3.01. The van der Waals surface area contributed by atoms with Crippen LogP contribution < -0.4 is 10.6 Å². The zero-order chi connectivity index (χ0) is 16.8. The van der Waals surface area contributed by atoms with Gasteiger partial charge < -0.3 is 15.5 Å². The van der Waals surface area contributed by atoms with Crippen molar-refractivity contribution in [2.24, 2.45) is 0 Å². The molecule has 3 amide bonds. The van der Waals surface area contributed by atoms with Gasteiger partial charge in [0.15, 0.2) is 0 Å². The number of urea groups is 1. The fourth-order valence-corrected chi connectivity index (χ4v) is 1.78. The summed E-state index contributed by atoms with van der Waals surface area (Å²) in [6, 6.07) is 8.41. The van der Waals surface area contributed by atoms with Gasteiger partial charge >= 0.3 is 6.03 Å². The maximum Gasteiger partial charge on any atom is 0.317 e. The Morgan fingerprint density at radius 2 is 1.87 bits per heavy atom. The summed E-state index contributed by atoms with van der Waals surface area (Å²) >= 11 is 0. The number of anilines is 1. The first-order valence-corrected chi connectivity index (χ1v) is 6.92. The molecule has 7 heteroatoms. The highest BCUT2D eigenvalue weighted by Gasteiger charge is 2.09. The highest BCUT2D eigenvalue weighted by Crippen LogP contribution is 2.11. The summed E-state index contributed by atoms with van der Waals surface area (Å²) in [6.45, 7) is 0.217. The van der Waals surface area contributed by atoms with Crippen LogP contribution in [0, 0.1) is 5.82 Å². The summed E-state index contributed by atoms with van der Waals surface area (Å²) in [5.41, 5.74) is 1.46. The minimum atomic E-state index is -0.370. The van der Waals surface area contributed by atoms with Gasteiger partial charge in [-0.05, 0) is 36.4 Å². The molecule has 2 rings (SSSR count). The van der Waals surface area contributed by atoms with Gasteiger partial charge in [-0.25, -0.2) is 9.18 Å². The second-order valence-corrected chi connectivity index (χ2v) is 5.05. The number of benzene rings is 1. The topological polar surface area (TPSA) is 74.3 Å². The van der Waals surface area contributed by atoms with Gasteiger partial charge in [0.25, 0.3) is 5.91 Å². The number of carbonyl (C=O) groups is 2. The van der Waals surface area contributed by atoms with E-state index in [0.29, 0.717) is 16.9 Å². The van der Waals surface area contributed by atoms with Crippen LogP contribution in [-0.4, -0.2) is 35.9 Å². The molecule has 0 fully saturated rings. The molecule has 0 saturated heterocycles. The predicted molar refractivity (Wildman–Crippen MR) is 84.5 cm³/mol. The first-order chi connectivity index (χ1) is 11.0. The third-order valence-corrected chi connectivity index (χ3v) is 3.01. The maximum atomic E-state index is 12.8. The van der Waals surface area contributed by atoms with Crippen LogP contribution in [0.25, 0.3) is 0 Å². The molecule has 0 spiro atoms. The lowest BCUT2D eigenvalue weighted by Crippen LogP contribution is -2.34. The summed E-state index contributed by atoms with van der Waals surface area (Å²) < 4.78 is 12.8. The summed E-state index contributed by atoms with van der Waals surface area (Å²) in [6.07, 6.45) is 1.50. The van der Waals surface area contributed by atoms with E-state index in [1.807, 2.05) is 0 Å². The van der Waals surface area contributed by atoms with E-state index in [-0.39, 0.29) is 24.3 Å². The van der Waals surface area contributed by atoms with Gasteiger partial charge in [0.2, 0.25) is 0 Å². The van der Waals surface area contributed by atoms with E-state index in [9.17, 15) is 14.0 Å². The molecule has 1 aromatic heterocycles. The van der Waals surface area contributed by atoms with Crippen molar-refractivity contribution in [3.8, 4) is 0 Å². The van der Waals surface area contributed by atoms with Crippen LogP contribution in [0.1, 0.15) is 16.1 Å². The van der Waals surface area contributed by atoms with E-state index in [4.69, 9.17) is 0 Å². The van der Waals surface area contributed by atoms with Gasteiger partial charge in [0.1, 0.15) is 5.82 Å². The lowest BCUT2D eigenvalue weighted by atomic mass is 10.2. The number of amides is 3. The Hall–Kier alpha value is -2.96. The number of hydrogen-bond donors (Lipinski definition) is 2. The second-order valence-electron chi connectivity index (χ2n) is 5.05. The van der Waals surface area contributed by atoms with E-state index >= 15 is 0 Å². The summed E-state index contributed by atoms with van der Waals surface area (Å²) in [4.78, 5) is 29.2. The number of nitrogens with zero attached hydrogens (tertiary/aromatic N) is 2. The molecule has 0 aliphatic heterocycles. The summed E-state index contributed by atoms with van der Waals surface area (Å²) in [7, 11) is 3.27. The summed E-state index contributed by atoms with van der Waals surface area (Å²) in [5, 5.41) is 5.34. The molecule has 0 saturated carbocycles. The SMILES string of the molecule is CN(C)C(=O)NCc1cc(C(=O)Nc2ccc(F)cc2)ccn1. The Morgan fingerprint density at radius 1 is 1.17 bits per heavy atom. The zero-order valence-electron chi connectivity index (χ0n) is 12.8. The molecule has 0 aliphatic rings. The van der Waals surface area contributed by atoms with Gasteiger partial charge in [0, 0.05) is 31.5 Å². The van der Waals surface area contributed by atoms with Crippen molar-refractivity contribution in [3.63, 3.8) is 0 Å². The fraction of sp³-hybridized carbons (Fsp3) is 0.188. The standard InChI is InChI=1S/C16H17FN4O2/c1-21(2)16(23)19-10-14-9-11(7-8-18-14)15(22)20-13-5-3-12(17)4-6-13/h3-9H,10H2,1-2H3,(H,19,23)(H,20,22). The number of nitrogens with one attached hydrogen (secondary N) is 2. The van der Waals surface area contributed by atoms with Crippen molar-refractivity contribution in [2.45, 2.75) is 6.54 Å². The number of halogens is 1. The normalized spacial score (nSPS) is 10.0. The second kappa shape index (κ2) is 7.35. The molecule has 0 atom stereocenters. The molecule has 2 aromatic rings. The molecular formula is C16H17FN4O2. The quantitative estimate of drug-likeness (QED) is 0.908. The highest BCUT2D eigenvalue weighted by atomic mass is 19.1. The minimum Gasteiger partial charge on any atom is -0.332 e. The molecule has 2 N–H and O–H groups in total. The number of rotatable bonds is 4. The minimum absolute atomic E-state index is 0.217. The molecule has 6 nitrogen and oxygen atoms in total. The molecule has 1 heterocycles. The predicted octanol–water partition coefficient (Wildman–Crippen LogP) is 2.24. The van der Waals surface area contributed by atoms with Gasteiger partial charge in [0.05, 0.1) is 12.2 Å². The van der Waals surface area contributed by atoms with E-state index in [2.05, 4.69) is 15.6 Å². The lowest BCUT2D eigenvalue weighted by Gasteiger charge is -2.12. The average Bonchev–Trinajstić information content (AvgIpc) is 2.54. The number of hydrogen-bond acceptors (Lipinski definition) is 3. The van der Waals surface area contributed by atoms with Crippen LogP contribution in [0.2, 0.25) is 0 Å². The smallest absolute Gasteiger partial charge is 0.317 e. The first kappa shape index (κ1) is 16.4. The highest BCUT2D eigenvalue weighted by molar-refractivity contribution is 6.04. The van der Waals surface area contributed by atoms with E-state index in [1.165, 1.54) is 35.4 Å². The van der Waals surface area contributed by atoms with E-state index < -0.39 is 0 Å². The van der Waals surface area contributed by atoms with E-state index in [0.717, 1.165) is 0 Å². The summed E-state index contributed by atoms with van der Waals surface area (Å²) in [5.74, 6) is -0.704. The lowest BCUT2D eigenvalue weighted by molar-refractivity contribution is 0.102. The van der Waals surface area contributed by atoms with Crippen molar-refractivity contribution in [3.05, 3.63) is 59.7 Å².